The summed E-state index contributed by atoms with van der Waals surface area (Å²) in [4.78, 5) is 0. The number of aliphatic hydroxyl groups is 1. The zero-order chi connectivity index (χ0) is 11.6. The number of piperidine rings is 1. The highest BCUT2D eigenvalue weighted by atomic mass is 35.5. The lowest BCUT2D eigenvalue weighted by molar-refractivity contribution is -0.0192. The van der Waals surface area contributed by atoms with Crippen LogP contribution in [0.3, 0.4) is 0 Å². The average molecular weight is 240 g/mol. The first-order valence-electron chi connectivity index (χ1n) is 5.75. The van der Waals surface area contributed by atoms with Crippen molar-refractivity contribution in [3.8, 4) is 0 Å². The molecule has 88 valence electrons. The predicted molar refractivity (Wildman–Crippen MR) is 66.8 cm³/mol. The van der Waals surface area contributed by atoms with Crippen molar-refractivity contribution in [1.29, 1.82) is 0 Å². The fourth-order valence-corrected chi connectivity index (χ4v) is 2.43. The molecule has 0 spiro atoms. The Morgan fingerprint density at radius 1 is 1.44 bits per heavy atom. The van der Waals surface area contributed by atoms with Gasteiger partial charge >= 0.3 is 0 Å². The summed E-state index contributed by atoms with van der Waals surface area (Å²) < 4.78 is 0. The number of halogens is 1. The van der Waals surface area contributed by atoms with Gasteiger partial charge in [-0.1, -0.05) is 23.7 Å². The molecular formula is C13H18ClNO. The lowest BCUT2D eigenvalue weighted by atomic mass is 9.79. The molecule has 0 aliphatic carbocycles. The van der Waals surface area contributed by atoms with Crippen LogP contribution in [-0.2, 0) is 6.42 Å². The quantitative estimate of drug-likeness (QED) is 0.830. The van der Waals surface area contributed by atoms with Gasteiger partial charge in [-0.25, -0.2) is 0 Å². The standard InChI is InChI=1S/C13H18ClNO/c1-13(16)9-15-7-6-11(13)8-10-2-4-12(14)5-3-10/h2-5,11,15-16H,6-9H2,1H3. The fourth-order valence-electron chi connectivity index (χ4n) is 2.30. The van der Waals surface area contributed by atoms with Crippen LogP contribution in [0.15, 0.2) is 24.3 Å². The maximum atomic E-state index is 10.3. The summed E-state index contributed by atoms with van der Waals surface area (Å²) in [5, 5.41) is 14.3. The van der Waals surface area contributed by atoms with Crippen molar-refractivity contribution in [1.82, 2.24) is 5.32 Å². The summed E-state index contributed by atoms with van der Waals surface area (Å²) in [5.74, 6) is 0.329. The Balaban J connectivity index is 2.05. The molecule has 0 radical (unpaired) electrons. The lowest BCUT2D eigenvalue weighted by Gasteiger charge is -2.37. The Morgan fingerprint density at radius 3 is 2.75 bits per heavy atom. The molecule has 3 heteroatoms. The molecule has 1 aromatic carbocycles. The van der Waals surface area contributed by atoms with Crippen LogP contribution in [0.2, 0.25) is 5.02 Å². The molecule has 1 aromatic rings. The third-order valence-electron chi connectivity index (χ3n) is 3.43. The molecule has 2 nitrogen and oxygen atoms in total. The minimum atomic E-state index is -0.599. The monoisotopic (exact) mass is 239 g/mol. The second-order valence-corrected chi connectivity index (χ2v) is 5.29. The number of rotatable bonds is 2. The zero-order valence-corrected chi connectivity index (χ0v) is 10.3. The molecule has 1 fully saturated rings. The molecule has 0 aromatic heterocycles. The van der Waals surface area contributed by atoms with Crippen LogP contribution in [0, 0.1) is 5.92 Å². The first-order chi connectivity index (χ1) is 7.58. The van der Waals surface area contributed by atoms with Gasteiger partial charge in [0.25, 0.3) is 0 Å². The van der Waals surface area contributed by atoms with E-state index in [0.29, 0.717) is 12.5 Å². The number of hydrogen-bond acceptors (Lipinski definition) is 2. The Morgan fingerprint density at radius 2 is 2.12 bits per heavy atom. The number of benzene rings is 1. The Labute approximate surface area is 102 Å². The van der Waals surface area contributed by atoms with Gasteiger partial charge in [0.2, 0.25) is 0 Å². The van der Waals surface area contributed by atoms with Crippen LogP contribution in [0.5, 0.6) is 0 Å². The van der Waals surface area contributed by atoms with E-state index >= 15 is 0 Å². The van der Waals surface area contributed by atoms with E-state index in [4.69, 9.17) is 11.6 Å². The molecule has 2 unspecified atom stereocenters. The highest BCUT2D eigenvalue weighted by molar-refractivity contribution is 6.30. The molecule has 0 bridgehead atoms. The number of hydrogen-bond donors (Lipinski definition) is 2. The molecule has 1 aliphatic rings. The van der Waals surface area contributed by atoms with E-state index in [-0.39, 0.29) is 0 Å². The normalized spacial score (nSPS) is 30.3. The summed E-state index contributed by atoms with van der Waals surface area (Å²) in [6.45, 7) is 3.60. The summed E-state index contributed by atoms with van der Waals surface area (Å²) in [6.07, 6.45) is 1.95. The maximum absolute atomic E-state index is 10.3. The van der Waals surface area contributed by atoms with E-state index in [1.54, 1.807) is 0 Å². The second-order valence-electron chi connectivity index (χ2n) is 4.85. The van der Waals surface area contributed by atoms with Crippen molar-refractivity contribution in [2.75, 3.05) is 13.1 Å². The number of β-amino-alcohol motifs (C(OH)–C–C–N with tert-alkyl or cyclic N) is 1. The van der Waals surface area contributed by atoms with Crippen LogP contribution in [-0.4, -0.2) is 23.8 Å². The number of nitrogens with one attached hydrogen (secondary N) is 1. The van der Waals surface area contributed by atoms with Gasteiger partial charge in [0, 0.05) is 11.6 Å². The van der Waals surface area contributed by atoms with Gasteiger partial charge in [-0.05, 0) is 49.9 Å². The lowest BCUT2D eigenvalue weighted by Crippen LogP contribution is -2.50. The summed E-state index contributed by atoms with van der Waals surface area (Å²) in [5.41, 5.74) is 0.648. The molecule has 1 saturated heterocycles. The SMILES string of the molecule is CC1(O)CNCCC1Cc1ccc(Cl)cc1. The minimum absolute atomic E-state index is 0.329. The van der Waals surface area contributed by atoms with Gasteiger partial charge in [-0.3, -0.25) is 0 Å². The summed E-state index contributed by atoms with van der Waals surface area (Å²) in [6, 6.07) is 7.90. The molecule has 2 rings (SSSR count). The Hall–Kier alpha value is -0.570. The van der Waals surface area contributed by atoms with Gasteiger partial charge in [0.1, 0.15) is 0 Å². The topological polar surface area (TPSA) is 32.3 Å². The van der Waals surface area contributed by atoms with E-state index in [0.717, 1.165) is 24.4 Å². The first-order valence-corrected chi connectivity index (χ1v) is 6.13. The summed E-state index contributed by atoms with van der Waals surface area (Å²) >= 11 is 5.85. The highest BCUT2D eigenvalue weighted by Crippen LogP contribution is 2.27. The molecule has 16 heavy (non-hydrogen) atoms. The molecule has 2 N–H and O–H groups in total. The van der Waals surface area contributed by atoms with Gasteiger partial charge in [-0.15, -0.1) is 0 Å². The smallest absolute Gasteiger partial charge is 0.0775 e. The third kappa shape index (κ3) is 2.76. The van der Waals surface area contributed by atoms with Gasteiger partial charge < -0.3 is 10.4 Å². The van der Waals surface area contributed by atoms with Crippen LogP contribution in [0.4, 0.5) is 0 Å². The Kier molecular flexibility index (Phi) is 3.53. The van der Waals surface area contributed by atoms with Crippen molar-refractivity contribution >= 4 is 11.6 Å². The second kappa shape index (κ2) is 4.74. The largest absolute Gasteiger partial charge is 0.389 e. The van der Waals surface area contributed by atoms with Crippen LogP contribution in [0.1, 0.15) is 18.9 Å². The third-order valence-corrected chi connectivity index (χ3v) is 3.68. The van der Waals surface area contributed by atoms with E-state index < -0.39 is 5.60 Å². The van der Waals surface area contributed by atoms with Crippen LogP contribution < -0.4 is 5.32 Å². The maximum Gasteiger partial charge on any atom is 0.0775 e. The average Bonchev–Trinajstić information content (AvgIpc) is 2.24. The predicted octanol–water partition coefficient (Wildman–Crippen LogP) is 2.24. The van der Waals surface area contributed by atoms with E-state index in [1.807, 2.05) is 31.2 Å². The highest BCUT2D eigenvalue weighted by Gasteiger charge is 2.34. The first kappa shape index (κ1) is 11.9. The summed E-state index contributed by atoms with van der Waals surface area (Å²) in [7, 11) is 0. The molecular weight excluding hydrogens is 222 g/mol. The van der Waals surface area contributed by atoms with E-state index in [2.05, 4.69) is 5.32 Å². The minimum Gasteiger partial charge on any atom is -0.389 e. The molecule has 1 aliphatic heterocycles. The van der Waals surface area contributed by atoms with Crippen molar-refractivity contribution in [2.24, 2.45) is 5.92 Å². The molecule has 2 atom stereocenters. The van der Waals surface area contributed by atoms with Crippen molar-refractivity contribution in [3.05, 3.63) is 34.9 Å². The van der Waals surface area contributed by atoms with Gasteiger partial charge in [0.15, 0.2) is 0 Å². The zero-order valence-electron chi connectivity index (χ0n) is 9.54. The van der Waals surface area contributed by atoms with E-state index in [9.17, 15) is 5.11 Å². The van der Waals surface area contributed by atoms with E-state index in [1.165, 1.54) is 5.56 Å². The van der Waals surface area contributed by atoms with Crippen molar-refractivity contribution in [2.45, 2.75) is 25.4 Å². The molecule has 1 heterocycles. The van der Waals surface area contributed by atoms with Crippen LogP contribution >= 0.6 is 11.6 Å². The Bertz CT molecular complexity index is 347. The molecule has 0 saturated carbocycles. The van der Waals surface area contributed by atoms with Gasteiger partial charge in [0.05, 0.1) is 5.60 Å². The molecule has 0 amide bonds. The fraction of sp³-hybridized carbons (Fsp3) is 0.538. The van der Waals surface area contributed by atoms with Crippen LogP contribution in [0.25, 0.3) is 0 Å². The van der Waals surface area contributed by atoms with Crippen molar-refractivity contribution < 1.29 is 5.11 Å². The van der Waals surface area contributed by atoms with Crippen molar-refractivity contribution in [3.63, 3.8) is 0 Å². The van der Waals surface area contributed by atoms with Gasteiger partial charge in [-0.2, -0.15) is 0 Å².